The van der Waals surface area contributed by atoms with Gasteiger partial charge in [-0.3, -0.25) is 0 Å². The quantitative estimate of drug-likeness (QED) is 0.835. The van der Waals surface area contributed by atoms with E-state index in [1.54, 1.807) is 12.1 Å². The molecule has 0 saturated carbocycles. The van der Waals surface area contributed by atoms with E-state index < -0.39 is 10.0 Å². The van der Waals surface area contributed by atoms with Crippen LogP contribution in [0.25, 0.3) is 0 Å². The van der Waals surface area contributed by atoms with E-state index in [1.807, 2.05) is 44.2 Å². The van der Waals surface area contributed by atoms with E-state index >= 15 is 0 Å². The summed E-state index contributed by atoms with van der Waals surface area (Å²) in [7, 11) is -3.54. The number of hydrogen-bond donors (Lipinski definition) is 0. The summed E-state index contributed by atoms with van der Waals surface area (Å²) in [6, 6.07) is 15.7. The van der Waals surface area contributed by atoms with Gasteiger partial charge in [0.1, 0.15) is 0 Å². The zero-order valence-electron chi connectivity index (χ0n) is 12.0. The molecule has 0 aliphatic carbocycles. The van der Waals surface area contributed by atoms with E-state index in [-0.39, 0.29) is 10.9 Å². The van der Waals surface area contributed by atoms with Gasteiger partial charge >= 0.3 is 0 Å². The lowest BCUT2D eigenvalue weighted by molar-refractivity contribution is 0.348. The van der Waals surface area contributed by atoms with Crippen molar-refractivity contribution in [2.24, 2.45) is 0 Å². The number of benzene rings is 2. The fourth-order valence-electron chi connectivity index (χ4n) is 2.05. The second-order valence-electron chi connectivity index (χ2n) is 5.08. The highest BCUT2D eigenvalue weighted by atomic mass is 35.5. The highest BCUT2D eigenvalue weighted by molar-refractivity contribution is 7.89. The van der Waals surface area contributed by atoms with E-state index in [2.05, 4.69) is 0 Å². The Labute approximate surface area is 131 Å². The summed E-state index contributed by atoms with van der Waals surface area (Å²) in [6.07, 6.45) is 0. The van der Waals surface area contributed by atoms with E-state index in [9.17, 15) is 8.42 Å². The van der Waals surface area contributed by atoms with Gasteiger partial charge in [-0.05, 0) is 43.7 Å². The topological polar surface area (TPSA) is 37.4 Å². The molecule has 0 aliphatic rings. The Hall–Kier alpha value is -1.36. The third kappa shape index (κ3) is 3.84. The number of nitrogens with zero attached hydrogens (tertiary/aromatic N) is 1. The van der Waals surface area contributed by atoms with Crippen LogP contribution < -0.4 is 0 Å². The van der Waals surface area contributed by atoms with Gasteiger partial charge in [0.15, 0.2) is 0 Å². The lowest BCUT2D eigenvalue weighted by Gasteiger charge is -2.26. The van der Waals surface area contributed by atoms with Crippen LogP contribution in [0, 0.1) is 0 Å². The summed E-state index contributed by atoms with van der Waals surface area (Å²) < 4.78 is 27.0. The zero-order chi connectivity index (χ0) is 15.5. The molecule has 0 radical (unpaired) electrons. The smallest absolute Gasteiger partial charge is 0.207 e. The Bertz CT molecular complexity index is 682. The van der Waals surface area contributed by atoms with Crippen molar-refractivity contribution in [2.45, 2.75) is 31.3 Å². The third-order valence-electron chi connectivity index (χ3n) is 3.18. The maximum absolute atomic E-state index is 12.8. The summed E-state index contributed by atoms with van der Waals surface area (Å²) in [6.45, 7) is 4.09. The first-order valence-corrected chi connectivity index (χ1v) is 8.54. The molecule has 0 N–H and O–H groups in total. The molecule has 0 heterocycles. The Balaban J connectivity index is 2.35. The van der Waals surface area contributed by atoms with E-state index in [0.717, 1.165) is 5.56 Å². The van der Waals surface area contributed by atoms with Gasteiger partial charge in [-0.1, -0.05) is 41.9 Å². The van der Waals surface area contributed by atoms with Crippen LogP contribution in [0.2, 0.25) is 5.02 Å². The summed E-state index contributed by atoms with van der Waals surface area (Å²) in [5.41, 5.74) is 0.962. The van der Waals surface area contributed by atoms with E-state index in [4.69, 9.17) is 11.6 Å². The van der Waals surface area contributed by atoms with Gasteiger partial charge < -0.3 is 0 Å². The van der Waals surface area contributed by atoms with Crippen LogP contribution in [0.3, 0.4) is 0 Å². The van der Waals surface area contributed by atoms with Crippen molar-refractivity contribution in [3.8, 4) is 0 Å². The Morgan fingerprint density at radius 3 is 2.10 bits per heavy atom. The largest absolute Gasteiger partial charge is 0.243 e. The van der Waals surface area contributed by atoms with Gasteiger partial charge in [0, 0.05) is 17.6 Å². The first-order valence-electron chi connectivity index (χ1n) is 6.72. The lowest BCUT2D eigenvalue weighted by atomic mass is 10.2. The summed E-state index contributed by atoms with van der Waals surface area (Å²) in [5.74, 6) is 0. The van der Waals surface area contributed by atoms with Crippen molar-refractivity contribution in [1.29, 1.82) is 0 Å². The van der Waals surface area contributed by atoms with Crippen LogP contribution >= 0.6 is 11.6 Å². The number of sulfonamides is 1. The monoisotopic (exact) mass is 323 g/mol. The number of hydrogen-bond acceptors (Lipinski definition) is 2. The molecule has 0 fully saturated rings. The van der Waals surface area contributed by atoms with E-state index in [0.29, 0.717) is 11.6 Å². The molecule has 2 rings (SSSR count). The molecule has 0 aliphatic heterocycles. The van der Waals surface area contributed by atoms with Gasteiger partial charge in [-0.15, -0.1) is 0 Å². The molecule has 0 aromatic heterocycles. The lowest BCUT2D eigenvalue weighted by Crippen LogP contribution is -2.36. The Kier molecular flexibility index (Phi) is 5.04. The molecule has 0 unspecified atom stereocenters. The highest BCUT2D eigenvalue weighted by Gasteiger charge is 2.26. The fourth-order valence-corrected chi connectivity index (χ4v) is 3.80. The highest BCUT2D eigenvalue weighted by Crippen LogP contribution is 2.22. The van der Waals surface area contributed by atoms with Crippen LogP contribution in [-0.2, 0) is 16.6 Å². The molecule has 0 atom stereocenters. The van der Waals surface area contributed by atoms with Crippen LogP contribution in [0.4, 0.5) is 0 Å². The molecule has 0 saturated heterocycles. The van der Waals surface area contributed by atoms with Crippen molar-refractivity contribution >= 4 is 21.6 Å². The second-order valence-corrected chi connectivity index (χ2v) is 7.41. The molecule has 0 amide bonds. The summed E-state index contributed by atoms with van der Waals surface area (Å²) in [5, 5.41) is 0.521. The molecule has 2 aromatic carbocycles. The van der Waals surface area contributed by atoms with Crippen LogP contribution in [0.5, 0.6) is 0 Å². The Morgan fingerprint density at radius 1 is 1.00 bits per heavy atom. The van der Waals surface area contributed by atoms with Crippen molar-refractivity contribution in [2.75, 3.05) is 0 Å². The van der Waals surface area contributed by atoms with Gasteiger partial charge in [-0.25, -0.2) is 8.42 Å². The molecule has 3 nitrogen and oxygen atoms in total. The molecule has 0 spiro atoms. The molecular weight excluding hydrogens is 306 g/mol. The first-order chi connectivity index (χ1) is 9.91. The average molecular weight is 324 g/mol. The first kappa shape index (κ1) is 16.0. The molecule has 0 bridgehead atoms. The molecule has 21 heavy (non-hydrogen) atoms. The molecule has 112 valence electrons. The molecular formula is C16H18ClNO2S. The van der Waals surface area contributed by atoms with Crippen LogP contribution in [0.1, 0.15) is 19.4 Å². The SMILES string of the molecule is CC(C)N(Cc1ccccc1)S(=O)(=O)c1ccc(Cl)cc1. The predicted molar refractivity (Wildman–Crippen MR) is 85.8 cm³/mol. The maximum atomic E-state index is 12.8. The van der Waals surface area contributed by atoms with Crippen LogP contribution in [0.15, 0.2) is 59.5 Å². The number of rotatable bonds is 5. The van der Waals surface area contributed by atoms with Gasteiger partial charge in [-0.2, -0.15) is 4.31 Å². The minimum atomic E-state index is -3.54. The van der Waals surface area contributed by atoms with Gasteiger partial charge in [0.05, 0.1) is 4.90 Å². The predicted octanol–water partition coefficient (Wildman–Crippen LogP) is 3.94. The standard InChI is InChI=1S/C16H18ClNO2S/c1-13(2)18(12-14-6-4-3-5-7-14)21(19,20)16-10-8-15(17)9-11-16/h3-11,13H,12H2,1-2H3. The van der Waals surface area contributed by atoms with Crippen LogP contribution in [-0.4, -0.2) is 18.8 Å². The minimum Gasteiger partial charge on any atom is -0.207 e. The summed E-state index contributed by atoms with van der Waals surface area (Å²) in [4.78, 5) is 0.261. The Morgan fingerprint density at radius 2 is 1.57 bits per heavy atom. The zero-order valence-corrected chi connectivity index (χ0v) is 13.6. The van der Waals surface area contributed by atoms with Crippen molar-refractivity contribution in [3.63, 3.8) is 0 Å². The van der Waals surface area contributed by atoms with Gasteiger partial charge in [0.2, 0.25) is 10.0 Å². The minimum absolute atomic E-state index is 0.133. The summed E-state index contributed by atoms with van der Waals surface area (Å²) >= 11 is 5.83. The fraction of sp³-hybridized carbons (Fsp3) is 0.250. The molecule has 5 heteroatoms. The average Bonchev–Trinajstić information content (AvgIpc) is 2.46. The second kappa shape index (κ2) is 6.60. The third-order valence-corrected chi connectivity index (χ3v) is 5.47. The molecule has 2 aromatic rings. The van der Waals surface area contributed by atoms with Crippen molar-refractivity contribution < 1.29 is 8.42 Å². The van der Waals surface area contributed by atoms with E-state index in [1.165, 1.54) is 16.4 Å². The number of halogens is 1. The maximum Gasteiger partial charge on any atom is 0.243 e. The van der Waals surface area contributed by atoms with Gasteiger partial charge in [0.25, 0.3) is 0 Å². The normalized spacial score (nSPS) is 12.0. The van der Waals surface area contributed by atoms with Crippen molar-refractivity contribution in [3.05, 3.63) is 65.2 Å². The van der Waals surface area contributed by atoms with Crippen molar-refractivity contribution in [1.82, 2.24) is 4.31 Å².